The Kier molecular flexibility index (Phi) is 4.33. The summed E-state index contributed by atoms with van der Waals surface area (Å²) in [6.45, 7) is 5.93. The lowest BCUT2D eigenvalue weighted by Crippen LogP contribution is -2.12. The van der Waals surface area contributed by atoms with Gasteiger partial charge >= 0.3 is 0 Å². The van der Waals surface area contributed by atoms with Crippen LogP contribution in [0.1, 0.15) is 27.8 Å². The summed E-state index contributed by atoms with van der Waals surface area (Å²) in [4.78, 5) is 0. The van der Waals surface area contributed by atoms with E-state index in [1.54, 1.807) is 0 Å². The van der Waals surface area contributed by atoms with Crippen molar-refractivity contribution in [3.8, 4) is 6.07 Å². The van der Waals surface area contributed by atoms with E-state index in [-0.39, 0.29) is 0 Å². The second kappa shape index (κ2) is 6.17. The van der Waals surface area contributed by atoms with Gasteiger partial charge in [-0.2, -0.15) is 5.26 Å². The van der Waals surface area contributed by atoms with Crippen LogP contribution in [0.15, 0.2) is 42.5 Å². The number of rotatable bonds is 4. The van der Waals surface area contributed by atoms with Gasteiger partial charge in [0.2, 0.25) is 0 Å². The summed E-state index contributed by atoms with van der Waals surface area (Å²) in [6.07, 6.45) is 0. The van der Waals surface area contributed by atoms with E-state index < -0.39 is 0 Å². The van der Waals surface area contributed by atoms with Crippen LogP contribution in [0.25, 0.3) is 0 Å². The van der Waals surface area contributed by atoms with Gasteiger partial charge in [-0.25, -0.2) is 0 Å². The molecule has 0 saturated heterocycles. The first-order valence-corrected chi connectivity index (χ1v) is 6.44. The Morgan fingerprint density at radius 3 is 2.05 bits per heavy atom. The van der Waals surface area contributed by atoms with Gasteiger partial charge in [0.25, 0.3) is 0 Å². The van der Waals surface area contributed by atoms with Gasteiger partial charge in [0, 0.05) is 13.1 Å². The molecule has 0 aliphatic rings. The average Bonchev–Trinajstić information content (AvgIpc) is 2.38. The van der Waals surface area contributed by atoms with Crippen LogP contribution in [0, 0.1) is 25.2 Å². The highest BCUT2D eigenvalue weighted by atomic mass is 14.8. The number of nitriles is 1. The molecule has 2 aromatic rings. The van der Waals surface area contributed by atoms with Crippen molar-refractivity contribution in [2.24, 2.45) is 0 Å². The van der Waals surface area contributed by atoms with Crippen molar-refractivity contribution in [3.05, 3.63) is 70.3 Å². The fourth-order valence-corrected chi connectivity index (χ4v) is 2.22. The van der Waals surface area contributed by atoms with Gasteiger partial charge in [-0.05, 0) is 37.1 Å². The lowest BCUT2D eigenvalue weighted by atomic mass is 10.1. The number of hydrogen-bond acceptors (Lipinski definition) is 2. The molecule has 2 aromatic carbocycles. The van der Waals surface area contributed by atoms with E-state index in [9.17, 15) is 0 Å². The molecular weight excluding hydrogens is 232 g/mol. The monoisotopic (exact) mass is 250 g/mol. The molecule has 0 atom stereocenters. The van der Waals surface area contributed by atoms with Crippen molar-refractivity contribution in [1.82, 2.24) is 5.32 Å². The molecule has 0 heterocycles. The smallest absolute Gasteiger partial charge is 0.0991 e. The summed E-state index contributed by atoms with van der Waals surface area (Å²) in [7, 11) is 0. The van der Waals surface area contributed by atoms with Crippen LogP contribution in [0.5, 0.6) is 0 Å². The summed E-state index contributed by atoms with van der Waals surface area (Å²) in [6, 6.07) is 16.4. The maximum Gasteiger partial charge on any atom is 0.0991 e. The first-order valence-electron chi connectivity index (χ1n) is 6.44. The Labute approximate surface area is 114 Å². The number of hydrogen-bond donors (Lipinski definition) is 1. The molecule has 96 valence electrons. The summed E-state index contributed by atoms with van der Waals surface area (Å²) in [5.74, 6) is 0. The van der Waals surface area contributed by atoms with Crippen LogP contribution in [0.3, 0.4) is 0 Å². The minimum absolute atomic E-state index is 0.707. The topological polar surface area (TPSA) is 35.8 Å². The second-order valence-electron chi connectivity index (χ2n) is 4.91. The molecule has 0 radical (unpaired) electrons. The van der Waals surface area contributed by atoms with Gasteiger partial charge in [-0.15, -0.1) is 0 Å². The molecule has 19 heavy (non-hydrogen) atoms. The average molecular weight is 250 g/mol. The summed E-state index contributed by atoms with van der Waals surface area (Å²) in [5.41, 5.74) is 5.82. The van der Waals surface area contributed by atoms with Crippen molar-refractivity contribution in [3.63, 3.8) is 0 Å². The zero-order chi connectivity index (χ0) is 13.7. The molecule has 2 nitrogen and oxygen atoms in total. The first kappa shape index (κ1) is 13.3. The van der Waals surface area contributed by atoms with Gasteiger partial charge in [0.15, 0.2) is 0 Å². The van der Waals surface area contributed by atoms with Crippen molar-refractivity contribution >= 4 is 0 Å². The SMILES string of the molecule is Cc1cc(C)cc(CNCc2ccc(C#N)cc2)c1. The number of aryl methyl sites for hydroxylation is 2. The Morgan fingerprint density at radius 2 is 1.47 bits per heavy atom. The van der Waals surface area contributed by atoms with Crippen LogP contribution < -0.4 is 5.32 Å². The maximum absolute atomic E-state index is 8.74. The van der Waals surface area contributed by atoms with Crippen LogP contribution in [0.2, 0.25) is 0 Å². The number of nitrogens with zero attached hydrogens (tertiary/aromatic N) is 1. The van der Waals surface area contributed by atoms with Crippen molar-refractivity contribution < 1.29 is 0 Å². The second-order valence-corrected chi connectivity index (χ2v) is 4.91. The third-order valence-corrected chi connectivity index (χ3v) is 3.02. The van der Waals surface area contributed by atoms with E-state index in [1.165, 1.54) is 22.3 Å². The van der Waals surface area contributed by atoms with Crippen molar-refractivity contribution in [1.29, 1.82) is 5.26 Å². The normalized spacial score (nSPS) is 10.2. The molecule has 0 aliphatic heterocycles. The Hall–Kier alpha value is -2.11. The Balaban J connectivity index is 1.90. The molecule has 0 spiro atoms. The van der Waals surface area contributed by atoms with Crippen LogP contribution in [-0.2, 0) is 13.1 Å². The van der Waals surface area contributed by atoms with Gasteiger partial charge < -0.3 is 5.32 Å². The minimum atomic E-state index is 0.707. The van der Waals surface area contributed by atoms with Crippen LogP contribution in [-0.4, -0.2) is 0 Å². The highest BCUT2D eigenvalue weighted by Crippen LogP contribution is 2.09. The Morgan fingerprint density at radius 1 is 0.895 bits per heavy atom. The molecule has 1 N–H and O–H groups in total. The molecule has 2 heteroatoms. The minimum Gasteiger partial charge on any atom is -0.309 e. The molecule has 0 amide bonds. The summed E-state index contributed by atoms with van der Waals surface area (Å²) >= 11 is 0. The highest BCUT2D eigenvalue weighted by molar-refractivity contribution is 5.32. The van der Waals surface area contributed by atoms with E-state index in [1.807, 2.05) is 24.3 Å². The lowest BCUT2D eigenvalue weighted by molar-refractivity contribution is 0.692. The third-order valence-electron chi connectivity index (χ3n) is 3.02. The molecule has 2 rings (SSSR count). The van der Waals surface area contributed by atoms with Gasteiger partial charge in [0.05, 0.1) is 11.6 Å². The summed E-state index contributed by atoms with van der Waals surface area (Å²) in [5, 5.41) is 12.2. The predicted molar refractivity (Wildman–Crippen MR) is 77.6 cm³/mol. The van der Waals surface area contributed by atoms with Gasteiger partial charge in [-0.3, -0.25) is 0 Å². The maximum atomic E-state index is 8.74. The fraction of sp³-hybridized carbons (Fsp3) is 0.235. The molecule has 0 aromatic heterocycles. The van der Waals surface area contributed by atoms with Crippen molar-refractivity contribution in [2.75, 3.05) is 0 Å². The quantitative estimate of drug-likeness (QED) is 0.902. The lowest BCUT2D eigenvalue weighted by Gasteiger charge is -2.07. The van der Waals surface area contributed by atoms with E-state index in [4.69, 9.17) is 5.26 Å². The molecule has 0 aliphatic carbocycles. The van der Waals surface area contributed by atoms with E-state index in [0.29, 0.717) is 5.56 Å². The Bertz CT molecular complexity index is 571. The largest absolute Gasteiger partial charge is 0.309 e. The third kappa shape index (κ3) is 3.94. The van der Waals surface area contributed by atoms with Crippen LogP contribution >= 0.6 is 0 Å². The zero-order valence-corrected chi connectivity index (χ0v) is 11.4. The molecule has 0 bridgehead atoms. The summed E-state index contributed by atoms with van der Waals surface area (Å²) < 4.78 is 0. The number of benzene rings is 2. The highest BCUT2D eigenvalue weighted by Gasteiger charge is 1.97. The van der Waals surface area contributed by atoms with Gasteiger partial charge in [0.1, 0.15) is 0 Å². The molecular formula is C17H18N2. The van der Waals surface area contributed by atoms with Gasteiger partial charge in [-0.1, -0.05) is 41.5 Å². The van der Waals surface area contributed by atoms with E-state index in [2.05, 4.69) is 43.4 Å². The van der Waals surface area contributed by atoms with E-state index >= 15 is 0 Å². The number of nitrogens with one attached hydrogen (secondary N) is 1. The van der Waals surface area contributed by atoms with Crippen LogP contribution in [0.4, 0.5) is 0 Å². The van der Waals surface area contributed by atoms with E-state index in [0.717, 1.165) is 13.1 Å². The zero-order valence-electron chi connectivity index (χ0n) is 11.4. The first-order chi connectivity index (χ1) is 9.17. The molecule has 0 saturated carbocycles. The standard InChI is InChI=1S/C17H18N2/c1-13-7-14(2)9-17(8-13)12-19-11-16-5-3-15(10-18)4-6-16/h3-9,19H,11-12H2,1-2H3. The molecule has 0 fully saturated rings. The molecule has 0 unspecified atom stereocenters. The van der Waals surface area contributed by atoms with Crippen molar-refractivity contribution in [2.45, 2.75) is 26.9 Å². The fourth-order valence-electron chi connectivity index (χ4n) is 2.22. The predicted octanol–water partition coefficient (Wildman–Crippen LogP) is 3.46.